The number of aliphatic hydroxyl groups is 1. The minimum absolute atomic E-state index is 0.00914. The SMILES string of the molecule is CC[C@@H]([C@H](C)O)n1ncn(-c2ccc(N3CCN(c4ccc(OC[C@@H]5CO[C@@](Cn6c[n+](C(C)OC(=O)OP(=O)(O)O)cn6)(c6ccc(F)cc6F)C5)cc4)CC3)cc2)c1=O. The summed E-state index contributed by atoms with van der Waals surface area (Å²) in [5.41, 5.74) is 1.36. The minimum atomic E-state index is -5.11. The van der Waals surface area contributed by atoms with E-state index in [2.05, 4.69) is 24.5 Å². The second-order valence-electron chi connectivity index (χ2n) is 15.2. The summed E-state index contributed by atoms with van der Waals surface area (Å²) in [5, 5.41) is 18.6. The van der Waals surface area contributed by atoms with Crippen LogP contribution in [-0.4, -0.2) is 90.7 Å². The number of aromatic nitrogens is 6. The van der Waals surface area contributed by atoms with Gasteiger partial charge in [-0.15, -0.1) is 4.68 Å². The number of hydrogen-bond acceptors (Lipinski definition) is 12. The third kappa shape index (κ3) is 10.1. The van der Waals surface area contributed by atoms with Crippen LogP contribution in [-0.2, 0) is 30.7 Å². The Bertz CT molecular complexity index is 2400. The van der Waals surface area contributed by atoms with Crippen molar-refractivity contribution in [1.29, 1.82) is 0 Å². The molecule has 21 heteroatoms. The van der Waals surface area contributed by atoms with Crippen molar-refractivity contribution in [2.75, 3.05) is 49.2 Å². The van der Waals surface area contributed by atoms with E-state index < -0.39 is 49.6 Å². The molecule has 2 fully saturated rings. The maximum atomic E-state index is 15.3. The summed E-state index contributed by atoms with van der Waals surface area (Å²) in [6.45, 7) is 8.60. The highest BCUT2D eigenvalue weighted by Crippen LogP contribution is 2.42. The summed E-state index contributed by atoms with van der Waals surface area (Å²) in [7, 11) is -5.11. The number of ether oxygens (including phenoxy) is 3. The van der Waals surface area contributed by atoms with Gasteiger partial charge in [-0.2, -0.15) is 9.67 Å². The van der Waals surface area contributed by atoms with E-state index in [-0.39, 0.29) is 36.9 Å². The molecule has 7 rings (SSSR count). The number of hydrogen-bond donors (Lipinski definition) is 3. The van der Waals surface area contributed by atoms with E-state index in [0.717, 1.165) is 49.7 Å². The molecule has 326 valence electrons. The quantitative estimate of drug-likeness (QED) is 0.0767. The van der Waals surface area contributed by atoms with Gasteiger partial charge in [-0.05, 0) is 74.4 Å². The first-order chi connectivity index (χ1) is 29.1. The predicted molar refractivity (Wildman–Crippen MR) is 214 cm³/mol. The fraction of sp³-hybridized carbons (Fsp3) is 0.425. The Hall–Kier alpha value is -5.66. The van der Waals surface area contributed by atoms with Gasteiger partial charge in [0.1, 0.15) is 35.9 Å². The Morgan fingerprint density at radius 2 is 1.62 bits per heavy atom. The van der Waals surface area contributed by atoms with Crippen LogP contribution in [0.4, 0.5) is 25.0 Å². The molecule has 0 spiro atoms. The molecule has 3 N–H and O–H groups in total. The van der Waals surface area contributed by atoms with E-state index in [1.807, 2.05) is 55.5 Å². The Kier molecular flexibility index (Phi) is 12.9. The van der Waals surface area contributed by atoms with E-state index in [0.29, 0.717) is 24.3 Å². The molecule has 0 radical (unpaired) electrons. The third-order valence-electron chi connectivity index (χ3n) is 11.0. The van der Waals surface area contributed by atoms with Crippen LogP contribution in [0.2, 0.25) is 0 Å². The summed E-state index contributed by atoms with van der Waals surface area (Å²) in [6.07, 6.45) is 1.75. The Morgan fingerprint density at radius 3 is 2.23 bits per heavy atom. The normalized spacial score (nSPS) is 19.7. The average Bonchev–Trinajstić information content (AvgIpc) is 3.96. The first-order valence-corrected chi connectivity index (χ1v) is 21.3. The summed E-state index contributed by atoms with van der Waals surface area (Å²) >= 11 is 0. The molecule has 5 atom stereocenters. The van der Waals surface area contributed by atoms with Gasteiger partial charge in [0.05, 0.1) is 31.0 Å². The number of halogens is 2. The molecule has 4 heterocycles. The average molecular weight is 870 g/mol. The molecule has 5 aromatic rings. The van der Waals surface area contributed by atoms with Crippen LogP contribution in [0.5, 0.6) is 5.75 Å². The van der Waals surface area contributed by atoms with E-state index >= 15 is 4.39 Å². The van der Waals surface area contributed by atoms with Gasteiger partial charge in [0.25, 0.3) is 6.33 Å². The first-order valence-electron chi connectivity index (χ1n) is 19.8. The number of phosphoric acid groups is 1. The molecule has 0 saturated carbocycles. The molecule has 0 amide bonds. The van der Waals surface area contributed by atoms with Crippen LogP contribution in [0.3, 0.4) is 0 Å². The number of benzene rings is 3. The Labute approximate surface area is 349 Å². The van der Waals surface area contributed by atoms with Gasteiger partial charge in [-0.1, -0.05) is 13.0 Å². The lowest BCUT2D eigenvalue weighted by Crippen LogP contribution is -2.46. The van der Waals surface area contributed by atoms with Gasteiger partial charge in [0.15, 0.2) is 0 Å². The fourth-order valence-corrected chi connectivity index (χ4v) is 8.09. The zero-order chi connectivity index (χ0) is 43.5. The van der Waals surface area contributed by atoms with Gasteiger partial charge in [-0.25, -0.2) is 32.2 Å². The van der Waals surface area contributed by atoms with E-state index in [9.17, 15) is 23.7 Å². The van der Waals surface area contributed by atoms with Crippen molar-refractivity contribution < 1.29 is 56.3 Å². The molecule has 3 aromatic carbocycles. The third-order valence-corrected chi connectivity index (χ3v) is 11.4. The van der Waals surface area contributed by atoms with E-state index in [4.69, 9.17) is 24.0 Å². The summed E-state index contributed by atoms with van der Waals surface area (Å²) < 4.78 is 67.2. The van der Waals surface area contributed by atoms with Crippen molar-refractivity contribution in [2.45, 2.75) is 64.1 Å². The zero-order valence-electron chi connectivity index (χ0n) is 33.7. The molecule has 2 aliphatic heterocycles. The maximum absolute atomic E-state index is 15.3. The molecule has 18 nitrogen and oxygen atoms in total. The van der Waals surface area contributed by atoms with E-state index in [1.54, 1.807) is 6.92 Å². The lowest BCUT2D eigenvalue weighted by molar-refractivity contribution is -0.754. The number of anilines is 2. The fourth-order valence-electron chi connectivity index (χ4n) is 7.85. The molecule has 2 aliphatic rings. The van der Waals surface area contributed by atoms with Crippen LogP contribution >= 0.6 is 7.82 Å². The van der Waals surface area contributed by atoms with Crippen LogP contribution in [0.1, 0.15) is 51.4 Å². The van der Waals surface area contributed by atoms with Gasteiger partial charge < -0.3 is 33.6 Å². The second kappa shape index (κ2) is 18.1. The number of rotatable bonds is 15. The molecule has 0 aliphatic carbocycles. The highest BCUT2D eigenvalue weighted by molar-refractivity contribution is 7.46. The predicted octanol–water partition coefficient (Wildman–Crippen LogP) is 4.23. The number of piperazine rings is 1. The van der Waals surface area contributed by atoms with Gasteiger partial charge in [0, 0.05) is 67.1 Å². The van der Waals surface area contributed by atoms with Crippen molar-refractivity contribution in [3.8, 4) is 11.4 Å². The van der Waals surface area contributed by atoms with Crippen LogP contribution in [0.15, 0.2) is 90.5 Å². The van der Waals surface area contributed by atoms with Crippen molar-refractivity contribution in [3.05, 3.63) is 113 Å². The monoisotopic (exact) mass is 869 g/mol. The van der Waals surface area contributed by atoms with Crippen LogP contribution < -0.4 is 24.8 Å². The summed E-state index contributed by atoms with van der Waals surface area (Å²) in [6, 6.07) is 18.5. The first kappa shape index (κ1) is 43.4. The maximum Gasteiger partial charge on any atom is 0.529 e. The van der Waals surface area contributed by atoms with Crippen LogP contribution in [0.25, 0.3) is 5.69 Å². The van der Waals surface area contributed by atoms with Crippen molar-refractivity contribution in [3.63, 3.8) is 0 Å². The Balaban J connectivity index is 0.932. The topological polar surface area (TPSA) is 200 Å². The van der Waals surface area contributed by atoms with Gasteiger partial charge in [0.2, 0.25) is 12.6 Å². The summed E-state index contributed by atoms with van der Waals surface area (Å²) in [4.78, 5) is 47.1. The lowest BCUT2D eigenvalue weighted by Gasteiger charge is -2.37. The number of carbonyl (C=O) groups is 1. The standard InChI is InChI=1S/C40H47F2N8O10P/c1-4-37(27(2)51)50-38(52)49(25-44-50)33-8-6-31(7-9-33)45-15-17-46(18-16-45)32-10-12-34(13-11-32)57-21-29-20-40(58-22-29,35-14-5-30(41)19-36(35)42)23-48-26-47(24-43-48)28(3)59-39(53)60-61(54,55)56/h5-14,19,24-29,37,51H,4,15-18,20-23H2,1-3H3,(H-,54,55,56)/p+1/t27-,28?,29+,37-,40-/m0/s1. The molecule has 2 saturated heterocycles. The van der Waals surface area contributed by atoms with Crippen molar-refractivity contribution >= 4 is 25.4 Å². The molecule has 61 heavy (non-hydrogen) atoms. The van der Waals surface area contributed by atoms with Crippen LogP contribution in [0, 0.1) is 17.6 Å². The minimum Gasteiger partial charge on any atom is -0.493 e. The van der Waals surface area contributed by atoms with Gasteiger partial charge in [-0.3, -0.25) is 9.79 Å². The highest BCUT2D eigenvalue weighted by atomic mass is 31.2. The van der Waals surface area contributed by atoms with Crippen molar-refractivity contribution in [1.82, 2.24) is 24.1 Å². The molecular weight excluding hydrogens is 821 g/mol. The second-order valence-corrected chi connectivity index (χ2v) is 16.3. The number of phosphoric ester groups is 1. The lowest BCUT2D eigenvalue weighted by atomic mass is 9.87. The number of carbonyl (C=O) groups excluding carboxylic acids is 1. The zero-order valence-corrected chi connectivity index (χ0v) is 34.6. The molecular formula is C40H48F2N8O10P+. The largest absolute Gasteiger partial charge is 0.529 e. The van der Waals surface area contributed by atoms with Crippen molar-refractivity contribution in [2.24, 2.45) is 5.92 Å². The highest BCUT2D eigenvalue weighted by Gasteiger charge is 2.46. The van der Waals surface area contributed by atoms with E-state index in [1.165, 1.54) is 50.5 Å². The number of aliphatic hydroxyl groups excluding tert-OH is 1. The smallest absolute Gasteiger partial charge is 0.493 e. The molecule has 0 bridgehead atoms. The Morgan fingerprint density at radius 1 is 0.984 bits per heavy atom. The van der Waals surface area contributed by atoms with Gasteiger partial charge >= 0.3 is 19.7 Å². The molecule has 2 aromatic heterocycles. The number of nitrogens with zero attached hydrogens (tertiary/aromatic N) is 8. The summed E-state index contributed by atoms with van der Waals surface area (Å²) in [5.74, 6) is -1.06. The molecule has 1 unspecified atom stereocenters.